The molecule has 0 saturated carbocycles. The fourth-order valence-corrected chi connectivity index (χ4v) is 2.24. The summed E-state index contributed by atoms with van der Waals surface area (Å²) in [5.74, 6) is 0. The van der Waals surface area contributed by atoms with Gasteiger partial charge in [0.1, 0.15) is 0 Å². The second kappa shape index (κ2) is 7.52. The summed E-state index contributed by atoms with van der Waals surface area (Å²) in [5, 5.41) is 3.33. The molecule has 1 aliphatic heterocycles. The maximum Gasteiger partial charge on any atom is 0.0814 e. The number of ether oxygens (including phenoxy) is 2. The molecule has 1 fully saturated rings. The van der Waals surface area contributed by atoms with E-state index in [0.29, 0.717) is 19.3 Å². The van der Waals surface area contributed by atoms with Crippen LogP contribution in [0.5, 0.6) is 0 Å². The van der Waals surface area contributed by atoms with Gasteiger partial charge in [0.25, 0.3) is 0 Å². The number of hydrogen-bond donors (Lipinski definition) is 1. The SMILES string of the molecule is CCNCC1CCC(COCc2ccccc2)O1. The minimum Gasteiger partial charge on any atom is -0.374 e. The van der Waals surface area contributed by atoms with Crippen molar-refractivity contribution < 1.29 is 9.47 Å². The van der Waals surface area contributed by atoms with E-state index in [-0.39, 0.29) is 6.10 Å². The summed E-state index contributed by atoms with van der Waals surface area (Å²) in [6.07, 6.45) is 2.91. The molecule has 2 rings (SSSR count). The molecule has 18 heavy (non-hydrogen) atoms. The predicted octanol–water partition coefficient (Wildman–Crippen LogP) is 2.36. The van der Waals surface area contributed by atoms with Crippen LogP contribution in [0.1, 0.15) is 25.3 Å². The fourth-order valence-electron chi connectivity index (χ4n) is 2.24. The monoisotopic (exact) mass is 249 g/mol. The highest BCUT2D eigenvalue weighted by Gasteiger charge is 2.24. The summed E-state index contributed by atoms with van der Waals surface area (Å²) in [4.78, 5) is 0. The van der Waals surface area contributed by atoms with E-state index in [2.05, 4.69) is 24.4 Å². The Bertz CT molecular complexity index is 329. The fraction of sp³-hybridized carbons (Fsp3) is 0.600. The second-order valence-electron chi connectivity index (χ2n) is 4.77. The Morgan fingerprint density at radius 2 is 2.00 bits per heavy atom. The van der Waals surface area contributed by atoms with Crippen molar-refractivity contribution in [1.29, 1.82) is 0 Å². The molecule has 3 heteroatoms. The zero-order chi connectivity index (χ0) is 12.6. The van der Waals surface area contributed by atoms with Gasteiger partial charge in [0.15, 0.2) is 0 Å². The predicted molar refractivity (Wildman–Crippen MR) is 72.5 cm³/mol. The highest BCUT2D eigenvalue weighted by molar-refractivity contribution is 5.13. The summed E-state index contributed by atoms with van der Waals surface area (Å²) in [6, 6.07) is 10.3. The molecular formula is C15H23NO2. The molecule has 0 amide bonds. The average molecular weight is 249 g/mol. The Hall–Kier alpha value is -0.900. The quantitative estimate of drug-likeness (QED) is 0.804. The van der Waals surface area contributed by atoms with Crippen LogP contribution in [-0.2, 0) is 16.1 Å². The lowest BCUT2D eigenvalue weighted by atomic mass is 10.2. The maximum atomic E-state index is 5.91. The minimum atomic E-state index is 0.275. The number of benzene rings is 1. The summed E-state index contributed by atoms with van der Waals surface area (Å²) in [5.41, 5.74) is 1.22. The summed E-state index contributed by atoms with van der Waals surface area (Å²) in [7, 11) is 0. The van der Waals surface area contributed by atoms with Gasteiger partial charge in [0.2, 0.25) is 0 Å². The van der Waals surface area contributed by atoms with Gasteiger partial charge < -0.3 is 14.8 Å². The lowest BCUT2D eigenvalue weighted by molar-refractivity contribution is -0.0188. The molecule has 3 nitrogen and oxygen atoms in total. The van der Waals surface area contributed by atoms with Crippen LogP contribution in [0.3, 0.4) is 0 Å². The van der Waals surface area contributed by atoms with E-state index in [0.717, 1.165) is 25.9 Å². The van der Waals surface area contributed by atoms with Gasteiger partial charge >= 0.3 is 0 Å². The van der Waals surface area contributed by atoms with Gasteiger partial charge in [-0.3, -0.25) is 0 Å². The molecule has 0 aromatic heterocycles. The Morgan fingerprint density at radius 1 is 1.22 bits per heavy atom. The van der Waals surface area contributed by atoms with Crippen LogP contribution < -0.4 is 5.32 Å². The van der Waals surface area contributed by atoms with Gasteiger partial charge in [0, 0.05) is 6.54 Å². The van der Waals surface area contributed by atoms with Crippen LogP contribution in [0.4, 0.5) is 0 Å². The molecule has 100 valence electrons. The van der Waals surface area contributed by atoms with Gasteiger partial charge in [-0.15, -0.1) is 0 Å². The number of hydrogen-bond acceptors (Lipinski definition) is 3. The van der Waals surface area contributed by atoms with Crippen molar-refractivity contribution in [2.24, 2.45) is 0 Å². The van der Waals surface area contributed by atoms with Crippen LogP contribution in [0.25, 0.3) is 0 Å². The van der Waals surface area contributed by atoms with Crippen molar-refractivity contribution in [3.63, 3.8) is 0 Å². The average Bonchev–Trinajstić information content (AvgIpc) is 2.85. The Balaban J connectivity index is 1.60. The Morgan fingerprint density at radius 3 is 2.78 bits per heavy atom. The lowest BCUT2D eigenvalue weighted by Crippen LogP contribution is -2.27. The Labute approximate surface area is 109 Å². The van der Waals surface area contributed by atoms with Crippen LogP contribution in [0, 0.1) is 0 Å². The highest BCUT2D eigenvalue weighted by Crippen LogP contribution is 2.19. The third kappa shape index (κ3) is 4.41. The molecule has 1 aliphatic rings. The molecule has 2 unspecified atom stereocenters. The minimum absolute atomic E-state index is 0.275. The van der Waals surface area contributed by atoms with E-state index in [1.54, 1.807) is 0 Å². The van der Waals surface area contributed by atoms with Crippen molar-refractivity contribution in [3.05, 3.63) is 35.9 Å². The summed E-state index contributed by atoms with van der Waals surface area (Å²) >= 11 is 0. The van der Waals surface area contributed by atoms with Crippen LogP contribution in [0.15, 0.2) is 30.3 Å². The van der Waals surface area contributed by atoms with Crippen molar-refractivity contribution in [2.45, 2.75) is 38.6 Å². The van der Waals surface area contributed by atoms with E-state index >= 15 is 0 Å². The van der Waals surface area contributed by atoms with Crippen molar-refractivity contribution >= 4 is 0 Å². The first-order valence-corrected chi connectivity index (χ1v) is 6.86. The third-order valence-electron chi connectivity index (χ3n) is 3.23. The molecule has 0 spiro atoms. The molecule has 0 aliphatic carbocycles. The van der Waals surface area contributed by atoms with E-state index in [1.165, 1.54) is 5.56 Å². The summed E-state index contributed by atoms with van der Waals surface area (Å²) in [6.45, 7) is 5.48. The van der Waals surface area contributed by atoms with E-state index in [9.17, 15) is 0 Å². The molecule has 1 N–H and O–H groups in total. The van der Waals surface area contributed by atoms with E-state index in [1.807, 2.05) is 18.2 Å². The number of likely N-dealkylation sites (N-methyl/N-ethyl adjacent to an activating group) is 1. The Kier molecular flexibility index (Phi) is 5.65. The molecule has 1 aromatic rings. The normalized spacial score (nSPS) is 23.4. The molecule has 2 atom stereocenters. The van der Waals surface area contributed by atoms with Crippen molar-refractivity contribution in [2.75, 3.05) is 19.7 Å². The van der Waals surface area contributed by atoms with Gasteiger partial charge in [0.05, 0.1) is 25.4 Å². The molecule has 0 bridgehead atoms. The van der Waals surface area contributed by atoms with Gasteiger partial charge in [-0.2, -0.15) is 0 Å². The van der Waals surface area contributed by atoms with Gasteiger partial charge in [-0.05, 0) is 24.9 Å². The largest absolute Gasteiger partial charge is 0.374 e. The third-order valence-corrected chi connectivity index (χ3v) is 3.23. The number of rotatable bonds is 7. The zero-order valence-electron chi connectivity index (χ0n) is 11.1. The molecule has 0 radical (unpaired) electrons. The molecule has 1 aromatic carbocycles. The summed E-state index contributed by atoms with van der Waals surface area (Å²) < 4.78 is 11.6. The first-order valence-electron chi connectivity index (χ1n) is 6.86. The lowest BCUT2D eigenvalue weighted by Gasteiger charge is -2.14. The molecular weight excluding hydrogens is 226 g/mol. The topological polar surface area (TPSA) is 30.5 Å². The van der Waals surface area contributed by atoms with Crippen LogP contribution >= 0.6 is 0 Å². The van der Waals surface area contributed by atoms with Gasteiger partial charge in [-0.1, -0.05) is 37.3 Å². The highest BCUT2D eigenvalue weighted by atomic mass is 16.5. The van der Waals surface area contributed by atoms with E-state index in [4.69, 9.17) is 9.47 Å². The smallest absolute Gasteiger partial charge is 0.0814 e. The van der Waals surface area contributed by atoms with Crippen molar-refractivity contribution in [1.82, 2.24) is 5.32 Å². The maximum absolute atomic E-state index is 5.91. The van der Waals surface area contributed by atoms with Crippen LogP contribution in [0.2, 0.25) is 0 Å². The van der Waals surface area contributed by atoms with Crippen molar-refractivity contribution in [3.8, 4) is 0 Å². The second-order valence-corrected chi connectivity index (χ2v) is 4.77. The number of nitrogens with one attached hydrogen (secondary N) is 1. The first-order chi connectivity index (χ1) is 8.88. The van der Waals surface area contributed by atoms with E-state index < -0.39 is 0 Å². The van der Waals surface area contributed by atoms with Gasteiger partial charge in [-0.25, -0.2) is 0 Å². The molecule has 1 heterocycles. The standard InChI is InChI=1S/C15H23NO2/c1-2-16-10-14-8-9-15(18-14)12-17-11-13-6-4-3-5-7-13/h3-7,14-16H,2,8-12H2,1H3. The van der Waals surface area contributed by atoms with Crippen LogP contribution in [-0.4, -0.2) is 31.9 Å². The first kappa shape index (κ1) is 13.5. The zero-order valence-corrected chi connectivity index (χ0v) is 11.1. The molecule has 1 saturated heterocycles.